The molecule has 2 unspecified atom stereocenters. The second-order valence-corrected chi connectivity index (χ2v) is 13.7. The molecule has 0 aliphatic carbocycles. The fraction of sp³-hybridized carbons (Fsp3) is 0.742. The molecule has 2 atom stereocenters. The first-order valence-electron chi connectivity index (χ1n) is 14.8. The van der Waals surface area contributed by atoms with E-state index in [4.69, 9.17) is 9.31 Å². The number of piperidine rings is 1. The van der Waals surface area contributed by atoms with Crippen LogP contribution in [0.2, 0.25) is 6.32 Å². The van der Waals surface area contributed by atoms with Gasteiger partial charge in [0.1, 0.15) is 5.54 Å². The standard InChI is InChI=1S/C31H52BN3O4/c1-23(25-15-11-10-12-16-25)35-21-17-26(18-22-35)31(33-24(2)36,27(37)34-28(3,4)5)19-13-14-20-32-38-29(6,7)30(8,9)39-32/h10-12,15-16,23,26H,13-14,17-22H2,1-9H3,(H,33,36)(H,34,37). The highest BCUT2D eigenvalue weighted by molar-refractivity contribution is 6.45. The van der Waals surface area contributed by atoms with E-state index in [-0.39, 0.29) is 36.1 Å². The lowest BCUT2D eigenvalue weighted by molar-refractivity contribution is -0.138. The quantitative estimate of drug-likeness (QED) is 0.302. The molecular weight excluding hydrogens is 489 g/mol. The molecule has 3 rings (SSSR count). The predicted molar refractivity (Wildman–Crippen MR) is 158 cm³/mol. The Balaban J connectivity index is 1.73. The molecule has 39 heavy (non-hydrogen) atoms. The second-order valence-electron chi connectivity index (χ2n) is 13.7. The molecule has 2 aliphatic rings. The van der Waals surface area contributed by atoms with Crippen LogP contribution in [0.3, 0.4) is 0 Å². The van der Waals surface area contributed by atoms with Gasteiger partial charge in [0.15, 0.2) is 0 Å². The minimum absolute atomic E-state index is 0.0554. The Bertz CT molecular complexity index is 954. The molecule has 2 amide bonds. The molecule has 0 bridgehead atoms. The predicted octanol–water partition coefficient (Wildman–Crippen LogP) is 5.51. The SMILES string of the molecule is CC(=O)NC(CCCCB1OC(C)(C)C(C)(C)O1)(C(=O)NC(C)(C)C)C1CCN(C(C)c2ccccc2)CC1. The van der Waals surface area contributed by atoms with Crippen molar-refractivity contribution in [2.45, 2.75) is 129 Å². The Morgan fingerprint density at radius 3 is 2.08 bits per heavy atom. The van der Waals surface area contributed by atoms with Gasteiger partial charge in [-0.2, -0.15) is 0 Å². The number of benzene rings is 1. The summed E-state index contributed by atoms with van der Waals surface area (Å²) in [5, 5.41) is 6.39. The largest absolute Gasteiger partial charge is 0.457 e. The second kappa shape index (κ2) is 12.3. The maximum atomic E-state index is 14.0. The monoisotopic (exact) mass is 541 g/mol. The van der Waals surface area contributed by atoms with Crippen LogP contribution in [0.5, 0.6) is 0 Å². The van der Waals surface area contributed by atoms with E-state index in [2.05, 4.69) is 74.4 Å². The normalized spacial score (nSPS) is 22.2. The lowest BCUT2D eigenvalue weighted by Crippen LogP contribution is -2.66. The molecule has 2 heterocycles. The summed E-state index contributed by atoms with van der Waals surface area (Å²) in [4.78, 5) is 29.0. The van der Waals surface area contributed by atoms with Crippen LogP contribution in [0.25, 0.3) is 0 Å². The Kier molecular flexibility index (Phi) is 9.99. The van der Waals surface area contributed by atoms with Crippen LogP contribution in [0, 0.1) is 5.92 Å². The van der Waals surface area contributed by atoms with Gasteiger partial charge in [-0.3, -0.25) is 14.5 Å². The zero-order valence-corrected chi connectivity index (χ0v) is 25.9. The average Bonchev–Trinajstić information content (AvgIpc) is 3.05. The highest BCUT2D eigenvalue weighted by Crippen LogP contribution is 2.39. The van der Waals surface area contributed by atoms with Gasteiger partial charge in [-0.25, -0.2) is 0 Å². The molecule has 8 heteroatoms. The first-order valence-corrected chi connectivity index (χ1v) is 14.8. The summed E-state index contributed by atoms with van der Waals surface area (Å²) in [5.74, 6) is -0.180. The number of rotatable bonds is 10. The van der Waals surface area contributed by atoms with Gasteiger partial charge in [-0.05, 0) is 106 Å². The first-order chi connectivity index (χ1) is 18.1. The number of carbonyl (C=O) groups excluding carboxylic acids is 2. The van der Waals surface area contributed by atoms with Crippen molar-refractivity contribution in [1.82, 2.24) is 15.5 Å². The maximum absolute atomic E-state index is 14.0. The van der Waals surface area contributed by atoms with Gasteiger partial charge in [0.25, 0.3) is 0 Å². The molecule has 0 radical (unpaired) electrons. The molecule has 2 saturated heterocycles. The smallest absolute Gasteiger partial charge is 0.403 e. The van der Waals surface area contributed by atoms with Crippen molar-refractivity contribution in [3.63, 3.8) is 0 Å². The summed E-state index contributed by atoms with van der Waals surface area (Å²) in [7, 11) is -0.253. The van der Waals surface area contributed by atoms with Gasteiger partial charge in [0.2, 0.25) is 11.8 Å². The van der Waals surface area contributed by atoms with Crippen LogP contribution in [-0.2, 0) is 18.9 Å². The van der Waals surface area contributed by atoms with E-state index >= 15 is 0 Å². The number of amides is 2. The first kappa shape index (κ1) is 31.6. The summed E-state index contributed by atoms with van der Waals surface area (Å²) < 4.78 is 12.4. The van der Waals surface area contributed by atoms with Gasteiger partial charge >= 0.3 is 7.12 Å². The van der Waals surface area contributed by atoms with Gasteiger partial charge in [-0.1, -0.05) is 43.2 Å². The maximum Gasteiger partial charge on any atom is 0.457 e. The number of unbranched alkanes of at least 4 members (excludes halogenated alkanes) is 1. The van der Waals surface area contributed by atoms with Crippen LogP contribution < -0.4 is 10.6 Å². The summed E-state index contributed by atoms with van der Waals surface area (Å²) in [5.41, 5.74) is -0.745. The number of nitrogens with zero attached hydrogens (tertiary/aromatic N) is 1. The third-order valence-corrected chi connectivity index (χ3v) is 8.91. The van der Waals surface area contributed by atoms with Crippen molar-refractivity contribution in [2.75, 3.05) is 13.1 Å². The highest BCUT2D eigenvalue weighted by atomic mass is 16.7. The number of nitrogens with one attached hydrogen (secondary N) is 2. The molecule has 0 spiro atoms. The average molecular weight is 542 g/mol. The molecule has 2 N–H and O–H groups in total. The molecule has 2 fully saturated rings. The summed E-state index contributed by atoms with van der Waals surface area (Å²) in [6.45, 7) is 19.8. The van der Waals surface area contributed by atoms with Gasteiger partial charge in [0.05, 0.1) is 11.2 Å². The van der Waals surface area contributed by atoms with Crippen molar-refractivity contribution >= 4 is 18.9 Å². The molecule has 1 aromatic carbocycles. The lowest BCUT2D eigenvalue weighted by atomic mass is 9.72. The van der Waals surface area contributed by atoms with E-state index in [1.165, 1.54) is 12.5 Å². The van der Waals surface area contributed by atoms with Crippen molar-refractivity contribution in [3.8, 4) is 0 Å². The van der Waals surface area contributed by atoms with E-state index in [9.17, 15) is 9.59 Å². The molecule has 7 nitrogen and oxygen atoms in total. The van der Waals surface area contributed by atoms with Crippen LogP contribution in [0.1, 0.15) is 106 Å². The van der Waals surface area contributed by atoms with Crippen molar-refractivity contribution < 1.29 is 18.9 Å². The zero-order valence-electron chi connectivity index (χ0n) is 25.9. The third-order valence-electron chi connectivity index (χ3n) is 8.91. The fourth-order valence-electron chi connectivity index (χ4n) is 6.01. The van der Waals surface area contributed by atoms with Crippen LogP contribution >= 0.6 is 0 Å². The molecule has 2 aliphatic heterocycles. The van der Waals surface area contributed by atoms with E-state index in [1.54, 1.807) is 0 Å². The van der Waals surface area contributed by atoms with E-state index < -0.39 is 11.1 Å². The van der Waals surface area contributed by atoms with E-state index in [0.29, 0.717) is 12.5 Å². The number of likely N-dealkylation sites (tertiary alicyclic amines) is 1. The summed E-state index contributed by atoms with van der Waals surface area (Å²) in [6, 6.07) is 10.9. The van der Waals surface area contributed by atoms with Crippen molar-refractivity contribution in [2.24, 2.45) is 5.92 Å². The van der Waals surface area contributed by atoms with Gasteiger partial charge in [-0.15, -0.1) is 0 Å². The molecule has 218 valence electrons. The van der Waals surface area contributed by atoms with E-state index in [0.717, 1.165) is 45.1 Å². The molecule has 1 aromatic rings. The highest BCUT2D eigenvalue weighted by Gasteiger charge is 2.51. The minimum Gasteiger partial charge on any atom is -0.403 e. The topological polar surface area (TPSA) is 79.9 Å². The van der Waals surface area contributed by atoms with Crippen molar-refractivity contribution in [3.05, 3.63) is 35.9 Å². The molecule has 0 aromatic heterocycles. The third kappa shape index (κ3) is 7.86. The number of hydrogen-bond donors (Lipinski definition) is 2. The lowest BCUT2D eigenvalue weighted by Gasteiger charge is -2.46. The van der Waals surface area contributed by atoms with Crippen LogP contribution in [0.4, 0.5) is 0 Å². The summed E-state index contributed by atoms with van der Waals surface area (Å²) in [6.07, 6.45) is 4.70. The molecular formula is C31H52BN3O4. The van der Waals surface area contributed by atoms with Crippen molar-refractivity contribution in [1.29, 1.82) is 0 Å². The molecule has 0 saturated carbocycles. The Morgan fingerprint density at radius 2 is 1.56 bits per heavy atom. The fourth-order valence-corrected chi connectivity index (χ4v) is 6.01. The Morgan fingerprint density at radius 1 is 1.00 bits per heavy atom. The zero-order chi connectivity index (χ0) is 29.1. The number of carbonyl (C=O) groups is 2. The Hall–Kier alpha value is -1.90. The minimum atomic E-state index is -0.947. The van der Waals surface area contributed by atoms with Gasteiger partial charge in [0, 0.05) is 18.5 Å². The number of hydrogen-bond acceptors (Lipinski definition) is 5. The summed E-state index contributed by atoms with van der Waals surface area (Å²) >= 11 is 0. The van der Waals surface area contributed by atoms with E-state index in [1.807, 2.05) is 26.8 Å². The van der Waals surface area contributed by atoms with Gasteiger partial charge < -0.3 is 19.9 Å². The van der Waals surface area contributed by atoms with Crippen LogP contribution in [0.15, 0.2) is 30.3 Å². The Labute approximate surface area is 237 Å². The van der Waals surface area contributed by atoms with Crippen LogP contribution in [-0.4, -0.2) is 59.2 Å².